The van der Waals surface area contributed by atoms with Crippen molar-refractivity contribution >= 4 is 22.6 Å². The molecule has 0 fully saturated rings. The molecule has 0 aliphatic rings. The highest BCUT2D eigenvalue weighted by Crippen LogP contribution is 2.29. The summed E-state index contributed by atoms with van der Waals surface area (Å²) in [5.41, 5.74) is 1.12. The van der Waals surface area contributed by atoms with Crippen LogP contribution in [0.4, 0.5) is 18.9 Å². The van der Waals surface area contributed by atoms with E-state index in [4.69, 9.17) is 4.74 Å². The number of methoxy groups -OCH3 is 1. The predicted octanol–water partition coefficient (Wildman–Crippen LogP) is 3.84. The van der Waals surface area contributed by atoms with Gasteiger partial charge in [-0.1, -0.05) is 0 Å². The number of aromatic nitrogens is 2. The van der Waals surface area contributed by atoms with Gasteiger partial charge in [-0.25, -0.2) is 4.98 Å². The Hall–Kier alpha value is -3.03. The predicted molar refractivity (Wildman–Crippen MR) is 82.0 cm³/mol. The van der Waals surface area contributed by atoms with Crippen molar-refractivity contribution in [3.05, 3.63) is 53.9 Å². The van der Waals surface area contributed by atoms with Crippen LogP contribution in [-0.2, 0) is 6.18 Å². The molecule has 5 nitrogen and oxygen atoms in total. The number of nitrogens with one attached hydrogen (secondary N) is 2. The van der Waals surface area contributed by atoms with Crippen LogP contribution in [0.2, 0.25) is 0 Å². The fourth-order valence-electron chi connectivity index (χ4n) is 2.17. The SMILES string of the molecule is COc1ccc(C(=O)Nc2ccc3nc(C(F)(F)F)[nH]c3c2)cc1. The number of benzene rings is 2. The average molecular weight is 335 g/mol. The summed E-state index contributed by atoms with van der Waals surface area (Å²) in [4.78, 5) is 17.8. The van der Waals surface area contributed by atoms with Crippen molar-refractivity contribution < 1.29 is 22.7 Å². The molecule has 0 aliphatic heterocycles. The van der Waals surface area contributed by atoms with E-state index in [2.05, 4.69) is 15.3 Å². The van der Waals surface area contributed by atoms with Crippen molar-refractivity contribution in [1.82, 2.24) is 9.97 Å². The average Bonchev–Trinajstić information content (AvgIpc) is 2.98. The summed E-state index contributed by atoms with van der Waals surface area (Å²) >= 11 is 0. The van der Waals surface area contributed by atoms with Gasteiger partial charge in [-0.05, 0) is 42.5 Å². The number of alkyl halides is 3. The van der Waals surface area contributed by atoms with Gasteiger partial charge in [0.1, 0.15) is 5.75 Å². The quantitative estimate of drug-likeness (QED) is 0.764. The second kappa shape index (κ2) is 5.88. The number of imidazole rings is 1. The zero-order valence-corrected chi connectivity index (χ0v) is 12.4. The molecule has 1 heterocycles. The molecule has 2 N–H and O–H groups in total. The van der Waals surface area contributed by atoms with Gasteiger partial charge in [-0.3, -0.25) is 4.79 Å². The van der Waals surface area contributed by atoms with Gasteiger partial charge in [-0.15, -0.1) is 0 Å². The third-order valence-electron chi connectivity index (χ3n) is 3.36. The van der Waals surface area contributed by atoms with Crippen molar-refractivity contribution in [2.45, 2.75) is 6.18 Å². The first-order valence-electron chi connectivity index (χ1n) is 6.89. The van der Waals surface area contributed by atoms with Gasteiger partial charge in [-0.2, -0.15) is 13.2 Å². The molecule has 0 aliphatic carbocycles. The van der Waals surface area contributed by atoms with E-state index in [1.54, 1.807) is 24.3 Å². The minimum absolute atomic E-state index is 0.171. The number of halogens is 3. The minimum atomic E-state index is -4.55. The molecule has 2 aromatic carbocycles. The Balaban J connectivity index is 1.82. The summed E-state index contributed by atoms with van der Waals surface area (Å²) in [6.45, 7) is 0. The van der Waals surface area contributed by atoms with Crippen LogP contribution < -0.4 is 10.1 Å². The fourth-order valence-corrected chi connectivity index (χ4v) is 2.17. The maximum atomic E-state index is 12.6. The summed E-state index contributed by atoms with van der Waals surface area (Å²) in [7, 11) is 1.52. The number of amides is 1. The minimum Gasteiger partial charge on any atom is -0.497 e. The standard InChI is InChI=1S/C16H12F3N3O2/c1-24-11-5-2-9(3-6-11)14(23)20-10-4-7-12-13(8-10)22-15(21-12)16(17,18)19/h2-8H,1H3,(H,20,23)(H,21,22). The van der Waals surface area contributed by atoms with E-state index >= 15 is 0 Å². The molecular weight excluding hydrogens is 323 g/mol. The Bertz CT molecular complexity index is 886. The smallest absolute Gasteiger partial charge is 0.449 e. The Morgan fingerprint density at radius 2 is 1.88 bits per heavy atom. The monoisotopic (exact) mass is 335 g/mol. The largest absolute Gasteiger partial charge is 0.497 e. The van der Waals surface area contributed by atoms with Gasteiger partial charge in [0.05, 0.1) is 18.1 Å². The number of carbonyl (C=O) groups excluding carboxylic acids is 1. The Morgan fingerprint density at radius 1 is 1.17 bits per heavy atom. The number of H-pyrrole nitrogens is 1. The summed E-state index contributed by atoms with van der Waals surface area (Å²) < 4.78 is 42.9. The highest BCUT2D eigenvalue weighted by atomic mass is 19.4. The van der Waals surface area contributed by atoms with Gasteiger partial charge in [0.2, 0.25) is 5.82 Å². The zero-order chi connectivity index (χ0) is 17.3. The number of fused-ring (bicyclic) bond motifs is 1. The van der Waals surface area contributed by atoms with Crippen molar-refractivity contribution in [2.24, 2.45) is 0 Å². The van der Waals surface area contributed by atoms with Gasteiger partial charge < -0.3 is 15.0 Å². The molecule has 0 radical (unpaired) electrons. The van der Waals surface area contributed by atoms with E-state index < -0.39 is 12.0 Å². The van der Waals surface area contributed by atoms with E-state index in [-0.39, 0.29) is 16.9 Å². The lowest BCUT2D eigenvalue weighted by atomic mass is 10.2. The molecule has 1 aromatic heterocycles. The van der Waals surface area contributed by atoms with Gasteiger partial charge in [0.15, 0.2) is 0 Å². The molecule has 24 heavy (non-hydrogen) atoms. The third-order valence-corrected chi connectivity index (χ3v) is 3.36. The summed E-state index contributed by atoms with van der Waals surface area (Å²) in [5, 5.41) is 2.63. The Labute approximate surface area is 134 Å². The van der Waals surface area contributed by atoms with E-state index in [9.17, 15) is 18.0 Å². The van der Waals surface area contributed by atoms with E-state index in [0.29, 0.717) is 17.0 Å². The first kappa shape index (κ1) is 15.9. The van der Waals surface area contributed by atoms with Crippen molar-refractivity contribution in [1.29, 1.82) is 0 Å². The van der Waals surface area contributed by atoms with Gasteiger partial charge in [0, 0.05) is 11.3 Å². The summed E-state index contributed by atoms with van der Waals surface area (Å²) in [6.07, 6.45) is -4.55. The first-order valence-corrected chi connectivity index (χ1v) is 6.89. The molecule has 0 spiro atoms. The van der Waals surface area contributed by atoms with Crippen LogP contribution >= 0.6 is 0 Å². The highest BCUT2D eigenvalue weighted by molar-refractivity contribution is 6.05. The van der Waals surface area contributed by atoms with Crippen LogP contribution in [0.1, 0.15) is 16.2 Å². The molecule has 1 amide bonds. The summed E-state index contributed by atoms with van der Waals surface area (Å²) in [5.74, 6) is -0.839. The van der Waals surface area contributed by atoms with Crippen LogP contribution in [0.3, 0.4) is 0 Å². The Kier molecular flexibility index (Phi) is 3.88. The molecule has 3 aromatic rings. The van der Waals surface area contributed by atoms with Gasteiger partial charge >= 0.3 is 6.18 Å². The number of carbonyl (C=O) groups is 1. The van der Waals surface area contributed by atoms with Crippen molar-refractivity contribution in [3.8, 4) is 5.75 Å². The molecule has 3 rings (SSSR count). The molecule has 8 heteroatoms. The van der Waals surface area contributed by atoms with E-state index in [1.165, 1.54) is 25.3 Å². The molecule has 124 valence electrons. The number of anilines is 1. The van der Waals surface area contributed by atoms with E-state index in [1.807, 2.05) is 0 Å². The molecule has 0 unspecified atom stereocenters. The van der Waals surface area contributed by atoms with Crippen molar-refractivity contribution in [2.75, 3.05) is 12.4 Å². The Morgan fingerprint density at radius 3 is 2.50 bits per heavy atom. The van der Waals surface area contributed by atoms with Crippen molar-refractivity contribution in [3.63, 3.8) is 0 Å². The maximum absolute atomic E-state index is 12.6. The lowest BCUT2D eigenvalue weighted by Crippen LogP contribution is -2.11. The lowest BCUT2D eigenvalue weighted by Gasteiger charge is -2.06. The lowest BCUT2D eigenvalue weighted by molar-refractivity contribution is -0.144. The number of aromatic amines is 1. The van der Waals surface area contributed by atoms with Crippen LogP contribution in [0.5, 0.6) is 5.75 Å². The molecular formula is C16H12F3N3O2. The van der Waals surface area contributed by atoms with E-state index in [0.717, 1.165) is 0 Å². The topological polar surface area (TPSA) is 67.0 Å². The number of hydrogen-bond donors (Lipinski definition) is 2. The zero-order valence-electron chi connectivity index (χ0n) is 12.4. The molecule has 0 bridgehead atoms. The normalized spacial score (nSPS) is 11.5. The van der Waals surface area contributed by atoms with Crippen LogP contribution in [0.25, 0.3) is 11.0 Å². The first-order chi connectivity index (χ1) is 11.4. The number of rotatable bonds is 3. The third kappa shape index (κ3) is 3.17. The molecule has 0 saturated heterocycles. The number of ether oxygens (including phenoxy) is 1. The van der Waals surface area contributed by atoms with Crippen LogP contribution in [0, 0.1) is 0 Å². The second-order valence-corrected chi connectivity index (χ2v) is 5.00. The second-order valence-electron chi connectivity index (χ2n) is 5.00. The highest BCUT2D eigenvalue weighted by Gasteiger charge is 2.34. The summed E-state index contributed by atoms with van der Waals surface area (Å²) in [6, 6.07) is 10.8. The maximum Gasteiger partial charge on any atom is 0.449 e. The van der Waals surface area contributed by atoms with Crippen LogP contribution in [-0.4, -0.2) is 23.0 Å². The number of hydrogen-bond acceptors (Lipinski definition) is 3. The molecule has 0 atom stereocenters. The number of nitrogens with zero attached hydrogens (tertiary/aromatic N) is 1. The van der Waals surface area contributed by atoms with Gasteiger partial charge in [0.25, 0.3) is 5.91 Å². The van der Waals surface area contributed by atoms with Crippen LogP contribution in [0.15, 0.2) is 42.5 Å². The fraction of sp³-hybridized carbons (Fsp3) is 0.125. The molecule has 0 saturated carbocycles.